The number of rotatable bonds is 5. The molecule has 9 heteroatoms. The van der Waals surface area contributed by atoms with Gasteiger partial charge in [0.1, 0.15) is 0 Å². The Bertz CT molecular complexity index is 308. The normalized spacial score (nSPS) is 31.9. The second kappa shape index (κ2) is 5.85. The van der Waals surface area contributed by atoms with Crippen molar-refractivity contribution >= 4 is 7.81 Å². The molecular weight excluding hydrogens is 317 g/mol. The molecule has 0 aromatic heterocycles. The molecule has 3 saturated heterocycles. The summed E-state index contributed by atoms with van der Waals surface area (Å²) in [5, 5.41) is 0. The van der Waals surface area contributed by atoms with E-state index in [2.05, 4.69) is 11.8 Å². The summed E-state index contributed by atoms with van der Waals surface area (Å²) in [6.45, 7) is 12.2. The van der Waals surface area contributed by atoms with Crippen molar-refractivity contribution in [3.63, 3.8) is 0 Å². The van der Waals surface area contributed by atoms with Gasteiger partial charge >= 0.3 is 33.0 Å². The number of unbranched alkanes of at least 4 members (excludes halogenated alkanes) is 3. The Hall–Kier alpha value is -0.0700. The van der Waals surface area contributed by atoms with Gasteiger partial charge in [-0.05, 0) is 12.8 Å². The van der Waals surface area contributed by atoms with Gasteiger partial charge < -0.3 is 4.48 Å². The molecule has 3 aliphatic rings. The van der Waals surface area contributed by atoms with Crippen LogP contribution in [-0.2, 0) is 0 Å². The number of nitrogens with zero attached hydrogens (tertiary/aromatic N) is 2. The summed E-state index contributed by atoms with van der Waals surface area (Å²) in [5.74, 6) is 0. The second-order valence-electron chi connectivity index (χ2n) is 6.10. The summed E-state index contributed by atoms with van der Waals surface area (Å²) in [4.78, 5) is 2.63. The third-order valence-corrected chi connectivity index (χ3v) is 4.16. The topological polar surface area (TPSA) is 3.24 Å². The van der Waals surface area contributed by atoms with Crippen LogP contribution in [0.2, 0.25) is 0 Å². The Morgan fingerprint density at radius 3 is 1.62 bits per heavy atom. The van der Waals surface area contributed by atoms with Gasteiger partial charge in [0.15, 0.2) is 0 Å². The molecule has 21 heavy (non-hydrogen) atoms. The molecule has 0 amide bonds. The third-order valence-electron chi connectivity index (χ3n) is 4.16. The number of hydrogen-bond acceptors (Lipinski definition) is 1. The molecule has 0 radical (unpaired) electrons. The van der Waals surface area contributed by atoms with Gasteiger partial charge in [-0.25, -0.2) is 0 Å². The molecule has 0 spiro atoms. The van der Waals surface area contributed by atoms with Crippen LogP contribution in [0.3, 0.4) is 0 Å². The fourth-order valence-electron chi connectivity index (χ4n) is 2.94. The minimum atomic E-state index is -10.7. The molecule has 2 nitrogen and oxygen atoms in total. The van der Waals surface area contributed by atoms with Crippen LogP contribution in [0.1, 0.15) is 32.6 Å². The summed E-state index contributed by atoms with van der Waals surface area (Å²) in [6.07, 6.45) is 5.73. The summed E-state index contributed by atoms with van der Waals surface area (Å²) in [5.41, 5.74) is 0. The van der Waals surface area contributed by atoms with Gasteiger partial charge in [0.25, 0.3) is 0 Å². The SMILES string of the molecule is CCCCCC[N+]12CCN(CC1)CC2.F[P-](F)(F)(F)(F)F. The van der Waals surface area contributed by atoms with Crippen LogP contribution in [0, 0.1) is 0 Å². The monoisotopic (exact) mass is 342 g/mol. The molecule has 3 fully saturated rings. The zero-order valence-corrected chi connectivity index (χ0v) is 13.3. The Morgan fingerprint density at radius 1 is 0.810 bits per heavy atom. The summed E-state index contributed by atoms with van der Waals surface area (Å²) in [6, 6.07) is 0. The number of hydrogen-bond donors (Lipinski definition) is 0. The fraction of sp³-hybridized carbons (Fsp3) is 1.00. The molecule has 0 N–H and O–H groups in total. The van der Waals surface area contributed by atoms with Gasteiger partial charge in [-0.1, -0.05) is 19.8 Å². The Morgan fingerprint density at radius 2 is 1.24 bits per heavy atom. The molecule has 130 valence electrons. The van der Waals surface area contributed by atoms with Crippen LogP contribution in [0.5, 0.6) is 0 Å². The van der Waals surface area contributed by atoms with E-state index in [9.17, 15) is 25.2 Å². The van der Waals surface area contributed by atoms with E-state index >= 15 is 0 Å². The van der Waals surface area contributed by atoms with Crippen molar-refractivity contribution in [3.05, 3.63) is 0 Å². The van der Waals surface area contributed by atoms with Crippen molar-refractivity contribution in [3.8, 4) is 0 Å². The van der Waals surface area contributed by atoms with Crippen molar-refractivity contribution in [1.82, 2.24) is 4.90 Å². The number of piperazine rings is 3. The zero-order valence-electron chi connectivity index (χ0n) is 12.4. The van der Waals surface area contributed by atoms with Gasteiger partial charge in [-0.2, -0.15) is 0 Å². The predicted octanol–water partition coefficient (Wildman–Crippen LogP) is 5.10. The average molecular weight is 342 g/mol. The first-order valence-corrected chi connectivity index (χ1v) is 9.46. The van der Waals surface area contributed by atoms with Gasteiger partial charge in [0.05, 0.1) is 26.2 Å². The van der Waals surface area contributed by atoms with Crippen molar-refractivity contribution < 1.29 is 29.7 Å². The molecule has 3 heterocycles. The predicted molar refractivity (Wildman–Crippen MR) is 73.9 cm³/mol. The van der Waals surface area contributed by atoms with E-state index in [0.717, 1.165) is 0 Å². The van der Waals surface area contributed by atoms with Crippen LogP contribution < -0.4 is 0 Å². The molecule has 3 aliphatic heterocycles. The van der Waals surface area contributed by atoms with E-state index in [1.165, 1.54) is 76.0 Å². The molecule has 0 unspecified atom stereocenters. The average Bonchev–Trinajstić information content (AvgIpc) is 2.33. The Balaban J connectivity index is 0.000000270. The van der Waals surface area contributed by atoms with E-state index in [-0.39, 0.29) is 0 Å². The second-order valence-corrected chi connectivity index (χ2v) is 8.01. The molecule has 0 aromatic carbocycles. The van der Waals surface area contributed by atoms with Gasteiger partial charge in [0.2, 0.25) is 0 Å². The number of halogens is 6. The van der Waals surface area contributed by atoms with Crippen molar-refractivity contribution in [2.24, 2.45) is 0 Å². The first kappa shape index (κ1) is 19.0. The molecule has 0 aromatic rings. The van der Waals surface area contributed by atoms with Crippen LogP contribution in [0.15, 0.2) is 0 Å². The summed E-state index contributed by atoms with van der Waals surface area (Å²) in [7, 11) is -10.7. The number of quaternary nitrogens is 1. The Labute approximate surface area is 121 Å². The van der Waals surface area contributed by atoms with Crippen molar-refractivity contribution in [1.29, 1.82) is 0 Å². The van der Waals surface area contributed by atoms with Gasteiger partial charge in [-0.3, -0.25) is 4.90 Å². The fourth-order valence-corrected chi connectivity index (χ4v) is 2.94. The minimum absolute atomic E-state index is 1.37. The molecule has 0 aliphatic carbocycles. The van der Waals surface area contributed by atoms with Crippen molar-refractivity contribution in [2.45, 2.75) is 32.6 Å². The quantitative estimate of drug-likeness (QED) is 0.291. The van der Waals surface area contributed by atoms with E-state index in [4.69, 9.17) is 0 Å². The third kappa shape index (κ3) is 10.3. The molecule has 0 saturated carbocycles. The van der Waals surface area contributed by atoms with Crippen LogP contribution in [0.4, 0.5) is 25.2 Å². The molecule has 3 rings (SSSR count). The standard InChI is InChI=1S/C12H25N2.F6P/c1-2-3-4-5-9-14-10-6-13(7-11-14)8-12-14;1-7(2,3,4,5)6/h2-12H2,1H3;/q+1;-1. The zero-order chi connectivity index (χ0) is 16.3. The van der Waals surface area contributed by atoms with Crippen LogP contribution in [0.25, 0.3) is 0 Å². The van der Waals surface area contributed by atoms with Crippen molar-refractivity contribution in [2.75, 3.05) is 45.8 Å². The van der Waals surface area contributed by atoms with E-state index in [1.807, 2.05) is 0 Å². The summed E-state index contributed by atoms with van der Waals surface area (Å²) < 4.78 is 60.7. The molecular formula is C12H25F6N2P. The maximum absolute atomic E-state index is 10.7. The molecule has 2 bridgehead atoms. The summed E-state index contributed by atoms with van der Waals surface area (Å²) >= 11 is 0. The van der Waals surface area contributed by atoms with E-state index in [0.29, 0.717) is 0 Å². The first-order valence-electron chi connectivity index (χ1n) is 7.43. The van der Waals surface area contributed by atoms with E-state index < -0.39 is 7.81 Å². The maximum atomic E-state index is 9.87. The Kier molecular flexibility index (Phi) is 5.29. The molecule has 0 atom stereocenters. The first-order chi connectivity index (χ1) is 9.30. The van der Waals surface area contributed by atoms with E-state index in [1.54, 1.807) is 0 Å². The van der Waals surface area contributed by atoms with Gasteiger partial charge in [0, 0.05) is 19.6 Å². The van der Waals surface area contributed by atoms with Gasteiger partial charge in [-0.15, -0.1) is 0 Å². The van der Waals surface area contributed by atoms with Crippen LogP contribution in [-0.4, -0.2) is 55.2 Å². The van der Waals surface area contributed by atoms with Crippen LogP contribution >= 0.6 is 7.81 Å². The number of fused-ring (bicyclic) bond motifs is 3.